The highest BCUT2D eigenvalue weighted by molar-refractivity contribution is 6.26. The Morgan fingerprint density at radius 3 is 2.61 bits per heavy atom. The monoisotopic (exact) mass is 307 g/mol. The topological polar surface area (TPSA) is 77.2 Å². The molecule has 3 aliphatic rings. The number of allylic oxidation sites excluding steroid dienone is 3. The highest BCUT2D eigenvalue weighted by Gasteiger charge is 2.44. The number of Topliss-reactive ketones (excluding diaryl/α,β-unsaturated/α-hetero) is 1. The summed E-state index contributed by atoms with van der Waals surface area (Å²) in [6.07, 6.45) is 5.50. The van der Waals surface area contributed by atoms with Crippen LogP contribution in [0.15, 0.2) is 47.6 Å². The largest absolute Gasteiger partial charge is 0.365 e. The second-order valence-electron chi connectivity index (χ2n) is 6.64. The van der Waals surface area contributed by atoms with Crippen LogP contribution in [0.5, 0.6) is 0 Å². The molecule has 0 heterocycles. The van der Waals surface area contributed by atoms with E-state index in [-0.39, 0.29) is 23.1 Å². The van der Waals surface area contributed by atoms with Gasteiger partial charge in [0.2, 0.25) is 0 Å². The molecule has 0 saturated heterocycles. The van der Waals surface area contributed by atoms with Gasteiger partial charge in [-0.25, -0.2) is 0 Å². The minimum absolute atomic E-state index is 0.141. The summed E-state index contributed by atoms with van der Waals surface area (Å²) in [6.45, 7) is 0. The molecule has 0 saturated carbocycles. The van der Waals surface area contributed by atoms with E-state index in [0.717, 1.165) is 18.9 Å². The summed E-state index contributed by atoms with van der Waals surface area (Å²) in [7, 11) is 0. The van der Waals surface area contributed by atoms with Gasteiger partial charge in [0.25, 0.3) is 5.91 Å². The highest BCUT2D eigenvalue weighted by Crippen LogP contribution is 2.43. The third kappa shape index (κ3) is 2.17. The van der Waals surface area contributed by atoms with Gasteiger partial charge in [0, 0.05) is 5.92 Å². The van der Waals surface area contributed by atoms with Gasteiger partial charge in [-0.2, -0.15) is 0 Å². The van der Waals surface area contributed by atoms with Crippen LogP contribution < -0.4 is 5.73 Å². The van der Waals surface area contributed by atoms with Gasteiger partial charge < -0.3 is 5.73 Å². The molecule has 1 aromatic carbocycles. The van der Waals surface area contributed by atoms with Crippen molar-refractivity contribution in [2.45, 2.75) is 19.3 Å². The average molecular weight is 307 g/mol. The third-order valence-corrected chi connectivity index (χ3v) is 5.35. The number of hydrogen-bond acceptors (Lipinski definition) is 3. The lowest BCUT2D eigenvalue weighted by atomic mass is 9.64. The van der Waals surface area contributed by atoms with Crippen molar-refractivity contribution in [2.24, 2.45) is 23.5 Å². The molecule has 4 heteroatoms. The predicted molar refractivity (Wildman–Crippen MR) is 84.3 cm³/mol. The first-order chi connectivity index (χ1) is 11.0. The van der Waals surface area contributed by atoms with E-state index in [4.69, 9.17) is 5.73 Å². The molecule has 0 fully saturated rings. The fourth-order valence-corrected chi connectivity index (χ4v) is 4.16. The van der Waals surface area contributed by atoms with Crippen LogP contribution in [0.25, 0.3) is 0 Å². The first-order valence-corrected chi connectivity index (χ1v) is 7.91. The van der Waals surface area contributed by atoms with Gasteiger partial charge in [0.05, 0.1) is 11.5 Å². The van der Waals surface area contributed by atoms with Gasteiger partial charge in [0.15, 0.2) is 11.6 Å². The molecular formula is C19H17NO3. The Bertz CT molecular complexity index is 803. The van der Waals surface area contributed by atoms with Gasteiger partial charge in [-0.15, -0.1) is 0 Å². The first-order valence-electron chi connectivity index (χ1n) is 7.91. The minimum Gasteiger partial charge on any atom is -0.365 e. The van der Waals surface area contributed by atoms with Crippen LogP contribution in [0, 0.1) is 17.8 Å². The fraction of sp³-hybridized carbons (Fsp3) is 0.316. The lowest BCUT2D eigenvalue weighted by Crippen LogP contribution is -2.42. The standard InChI is InChI=1S/C19H17NO3/c20-19(23)16-9-17(21)14-7-12-5-10-3-1-2-4-11(10)6-13(12)8-15(14)18(16)22/h1-4,8-9,12,14-15H,5-7H2,(H2,20,23). The quantitative estimate of drug-likeness (QED) is 0.631. The van der Waals surface area contributed by atoms with E-state index in [0.29, 0.717) is 12.3 Å². The zero-order valence-electron chi connectivity index (χ0n) is 12.6. The van der Waals surface area contributed by atoms with E-state index < -0.39 is 11.8 Å². The van der Waals surface area contributed by atoms with E-state index >= 15 is 0 Å². The number of nitrogens with two attached hydrogens (primary N) is 1. The number of rotatable bonds is 1. The Balaban J connectivity index is 1.73. The molecule has 4 nitrogen and oxygen atoms in total. The summed E-state index contributed by atoms with van der Waals surface area (Å²) in [4.78, 5) is 36.2. The van der Waals surface area contributed by atoms with E-state index in [2.05, 4.69) is 12.1 Å². The van der Waals surface area contributed by atoms with Gasteiger partial charge in [-0.3, -0.25) is 14.4 Å². The third-order valence-electron chi connectivity index (χ3n) is 5.35. The van der Waals surface area contributed by atoms with Crippen molar-refractivity contribution in [1.82, 2.24) is 0 Å². The zero-order chi connectivity index (χ0) is 16.1. The predicted octanol–water partition coefficient (Wildman–Crippen LogP) is 1.53. The van der Waals surface area contributed by atoms with Gasteiger partial charge in [0.1, 0.15) is 0 Å². The number of carbonyl (C=O) groups is 3. The maximum Gasteiger partial charge on any atom is 0.252 e. The number of carbonyl (C=O) groups excluding carboxylic acids is 3. The molecule has 1 amide bonds. The molecule has 2 N–H and O–H groups in total. The highest BCUT2D eigenvalue weighted by atomic mass is 16.2. The Morgan fingerprint density at radius 2 is 1.87 bits per heavy atom. The first kappa shape index (κ1) is 14.1. The van der Waals surface area contributed by atoms with Gasteiger partial charge in [-0.1, -0.05) is 35.9 Å². The Kier molecular flexibility index (Phi) is 3.08. The van der Waals surface area contributed by atoms with Gasteiger partial charge >= 0.3 is 0 Å². The van der Waals surface area contributed by atoms with Crippen molar-refractivity contribution >= 4 is 17.5 Å². The number of primary amides is 1. The lowest BCUT2D eigenvalue weighted by Gasteiger charge is -2.38. The summed E-state index contributed by atoms with van der Waals surface area (Å²) < 4.78 is 0. The Labute approximate surface area is 134 Å². The van der Waals surface area contributed by atoms with Crippen LogP contribution in [-0.2, 0) is 27.2 Å². The summed E-state index contributed by atoms with van der Waals surface area (Å²) in [6, 6.07) is 8.31. The van der Waals surface area contributed by atoms with E-state index in [1.165, 1.54) is 16.7 Å². The second-order valence-corrected chi connectivity index (χ2v) is 6.64. The van der Waals surface area contributed by atoms with E-state index in [9.17, 15) is 14.4 Å². The molecule has 116 valence electrons. The van der Waals surface area contributed by atoms with Crippen LogP contribution in [-0.4, -0.2) is 17.5 Å². The molecule has 3 aliphatic carbocycles. The van der Waals surface area contributed by atoms with E-state index in [1.54, 1.807) is 0 Å². The van der Waals surface area contributed by atoms with Crippen molar-refractivity contribution in [3.05, 3.63) is 58.7 Å². The zero-order valence-corrected chi connectivity index (χ0v) is 12.6. The maximum atomic E-state index is 12.5. The van der Waals surface area contributed by atoms with Crippen LogP contribution in [0.1, 0.15) is 17.5 Å². The van der Waals surface area contributed by atoms with Crippen LogP contribution in [0.2, 0.25) is 0 Å². The lowest BCUT2D eigenvalue weighted by molar-refractivity contribution is -0.131. The summed E-state index contributed by atoms with van der Waals surface area (Å²) in [5.74, 6) is -1.80. The molecular weight excluding hydrogens is 290 g/mol. The molecule has 3 unspecified atom stereocenters. The summed E-state index contributed by atoms with van der Waals surface area (Å²) >= 11 is 0. The smallest absolute Gasteiger partial charge is 0.252 e. The van der Waals surface area contributed by atoms with Crippen LogP contribution >= 0.6 is 0 Å². The average Bonchev–Trinajstić information content (AvgIpc) is 2.54. The number of amides is 1. The molecule has 4 rings (SSSR count). The maximum absolute atomic E-state index is 12.5. The Morgan fingerprint density at radius 1 is 1.13 bits per heavy atom. The van der Waals surface area contributed by atoms with Gasteiger partial charge in [-0.05, 0) is 42.4 Å². The normalized spacial score (nSPS) is 29.0. The van der Waals surface area contributed by atoms with Crippen molar-refractivity contribution < 1.29 is 14.4 Å². The van der Waals surface area contributed by atoms with Crippen molar-refractivity contribution in [3.8, 4) is 0 Å². The van der Waals surface area contributed by atoms with Crippen LogP contribution in [0.4, 0.5) is 0 Å². The number of benzene rings is 1. The summed E-state index contributed by atoms with van der Waals surface area (Å²) in [5, 5.41) is 0. The molecule has 0 bridgehead atoms. The second kappa shape index (κ2) is 5.01. The number of fused-ring (bicyclic) bond motifs is 3. The molecule has 0 aliphatic heterocycles. The Hall–Kier alpha value is -2.49. The number of ketones is 2. The molecule has 0 aromatic heterocycles. The molecule has 0 radical (unpaired) electrons. The number of hydrogen-bond donors (Lipinski definition) is 1. The summed E-state index contributed by atoms with van der Waals surface area (Å²) in [5.41, 5.74) is 8.92. The van der Waals surface area contributed by atoms with E-state index in [1.807, 2.05) is 18.2 Å². The van der Waals surface area contributed by atoms with Crippen LogP contribution in [0.3, 0.4) is 0 Å². The van der Waals surface area contributed by atoms with Crippen molar-refractivity contribution in [3.63, 3.8) is 0 Å². The molecule has 1 aromatic rings. The molecule has 23 heavy (non-hydrogen) atoms. The minimum atomic E-state index is -0.809. The molecule has 0 spiro atoms. The SMILES string of the molecule is NC(=O)C1=CC(=O)C2CC3Cc4ccccc4CC3=CC2C1=O. The van der Waals surface area contributed by atoms with Crippen molar-refractivity contribution in [2.75, 3.05) is 0 Å². The fourth-order valence-electron chi connectivity index (χ4n) is 4.16. The van der Waals surface area contributed by atoms with Crippen molar-refractivity contribution in [1.29, 1.82) is 0 Å². The molecule has 3 atom stereocenters.